The number of nitrogens with one attached hydrogen (secondary N) is 1. The topological polar surface area (TPSA) is 81.5 Å². The van der Waals surface area contributed by atoms with Gasteiger partial charge in [-0.25, -0.2) is 0 Å². The number of hydrogen-bond donors (Lipinski definition) is 1. The van der Waals surface area contributed by atoms with Crippen molar-refractivity contribution in [2.45, 2.75) is 13.8 Å². The first-order chi connectivity index (χ1) is 11.4. The highest BCUT2D eigenvalue weighted by atomic mass is 16.6. The van der Waals surface area contributed by atoms with Gasteiger partial charge in [0, 0.05) is 18.2 Å². The summed E-state index contributed by atoms with van der Waals surface area (Å²) in [7, 11) is 1.43. The standard InChI is InChI=1S/C18H18N2O4/c1-12-4-5-14(13(2)10-12)6-9-18(21)19-16-11-15(20(22)23)7-8-17(16)24-3/h4-11H,1-3H3,(H,19,21)/b9-6+. The second-order valence-electron chi connectivity index (χ2n) is 5.32. The maximum absolute atomic E-state index is 12.1. The van der Waals surface area contributed by atoms with Crippen LogP contribution >= 0.6 is 0 Å². The van der Waals surface area contributed by atoms with Crippen LogP contribution in [0.15, 0.2) is 42.5 Å². The van der Waals surface area contributed by atoms with Gasteiger partial charge in [0.1, 0.15) is 5.75 Å². The fraction of sp³-hybridized carbons (Fsp3) is 0.167. The molecule has 0 radical (unpaired) electrons. The molecule has 6 heteroatoms. The molecule has 0 spiro atoms. The normalized spacial score (nSPS) is 10.6. The van der Waals surface area contributed by atoms with E-state index in [9.17, 15) is 14.9 Å². The second kappa shape index (κ2) is 7.41. The van der Waals surface area contributed by atoms with E-state index >= 15 is 0 Å². The number of benzene rings is 2. The van der Waals surface area contributed by atoms with Gasteiger partial charge < -0.3 is 10.1 Å². The van der Waals surface area contributed by atoms with Gasteiger partial charge in [0.15, 0.2) is 0 Å². The average Bonchev–Trinajstić information content (AvgIpc) is 2.53. The van der Waals surface area contributed by atoms with Crippen molar-refractivity contribution in [2.24, 2.45) is 0 Å². The lowest BCUT2D eigenvalue weighted by Gasteiger charge is -2.08. The molecule has 1 amide bonds. The van der Waals surface area contributed by atoms with Crippen LogP contribution in [0.4, 0.5) is 11.4 Å². The van der Waals surface area contributed by atoms with Gasteiger partial charge in [-0.3, -0.25) is 14.9 Å². The first kappa shape index (κ1) is 17.2. The van der Waals surface area contributed by atoms with Gasteiger partial charge in [-0.1, -0.05) is 23.8 Å². The molecule has 2 rings (SSSR count). The van der Waals surface area contributed by atoms with Gasteiger partial charge in [0.2, 0.25) is 5.91 Å². The zero-order chi connectivity index (χ0) is 17.7. The maximum atomic E-state index is 12.1. The lowest BCUT2D eigenvalue weighted by Crippen LogP contribution is -2.09. The molecule has 2 aromatic rings. The number of ether oxygens (including phenoxy) is 1. The number of nitro groups is 1. The minimum absolute atomic E-state index is 0.121. The quantitative estimate of drug-likeness (QED) is 0.514. The van der Waals surface area contributed by atoms with Crippen molar-refractivity contribution >= 4 is 23.4 Å². The fourth-order valence-electron chi connectivity index (χ4n) is 2.26. The van der Waals surface area contributed by atoms with Crippen molar-refractivity contribution in [2.75, 3.05) is 12.4 Å². The molecule has 0 aliphatic heterocycles. The molecule has 0 bridgehead atoms. The zero-order valence-corrected chi connectivity index (χ0v) is 13.7. The summed E-state index contributed by atoms with van der Waals surface area (Å²) >= 11 is 0. The molecule has 2 aromatic carbocycles. The van der Waals surface area contributed by atoms with Crippen LogP contribution in [0.1, 0.15) is 16.7 Å². The number of aryl methyl sites for hydroxylation is 2. The molecule has 1 N–H and O–H groups in total. The summed E-state index contributed by atoms with van der Waals surface area (Å²) < 4.78 is 5.11. The summed E-state index contributed by atoms with van der Waals surface area (Å²) in [6.07, 6.45) is 3.09. The van der Waals surface area contributed by atoms with Gasteiger partial charge >= 0.3 is 0 Å². The van der Waals surface area contributed by atoms with Crippen LogP contribution < -0.4 is 10.1 Å². The molecule has 6 nitrogen and oxygen atoms in total. The lowest BCUT2D eigenvalue weighted by atomic mass is 10.1. The Morgan fingerprint density at radius 3 is 2.58 bits per heavy atom. The fourth-order valence-corrected chi connectivity index (χ4v) is 2.26. The molecule has 0 unspecified atom stereocenters. The molecule has 0 atom stereocenters. The molecule has 0 saturated heterocycles. The van der Waals surface area contributed by atoms with Crippen molar-refractivity contribution < 1.29 is 14.5 Å². The third-order valence-electron chi connectivity index (χ3n) is 3.49. The van der Waals surface area contributed by atoms with E-state index in [1.807, 2.05) is 32.0 Å². The molecular weight excluding hydrogens is 308 g/mol. The van der Waals surface area contributed by atoms with Gasteiger partial charge in [0.25, 0.3) is 5.69 Å². The summed E-state index contributed by atoms with van der Waals surface area (Å²) in [6.45, 7) is 3.97. The summed E-state index contributed by atoms with van der Waals surface area (Å²) in [5.41, 5.74) is 3.27. The molecule has 0 aromatic heterocycles. The SMILES string of the molecule is COc1ccc([N+](=O)[O-])cc1NC(=O)/C=C/c1ccc(C)cc1C. The van der Waals surface area contributed by atoms with Crippen LogP contribution in [0, 0.1) is 24.0 Å². The highest BCUT2D eigenvalue weighted by Gasteiger charge is 2.12. The molecule has 0 fully saturated rings. The smallest absolute Gasteiger partial charge is 0.271 e. The van der Waals surface area contributed by atoms with Gasteiger partial charge in [-0.2, -0.15) is 0 Å². The van der Waals surface area contributed by atoms with Crippen LogP contribution in [-0.2, 0) is 4.79 Å². The third kappa shape index (κ3) is 4.19. The first-order valence-electron chi connectivity index (χ1n) is 7.29. The molecule has 0 saturated carbocycles. The van der Waals surface area contributed by atoms with Crippen molar-refractivity contribution in [1.29, 1.82) is 0 Å². The average molecular weight is 326 g/mol. The summed E-state index contributed by atoms with van der Waals surface area (Å²) in [5.74, 6) is -0.0392. The Kier molecular flexibility index (Phi) is 5.31. The number of nitro benzene ring substituents is 1. The molecule has 0 aliphatic carbocycles. The van der Waals surface area contributed by atoms with Crippen molar-refractivity contribution in [1.82, 2.24) is 0 Å². The van der Waals surface area contributed by atoms with Gasteiger partial charge in [0.05, 0.1) is 17.7 Å². The van der Waals surface area contributed by atoms with Crippen molar-refractivity contribution in [3.8, 4) is 5.75 Å². The summed E-state index contributed by atoms with van der Waals surface area (Å²) in [4.78, 5) is 22.4. The van der Waals surface area contributed by atoms with Crippen LogP contribution in [0.5, 0.6) is 5.75 Å². The minimum atomic E-state index is -0.527. The zero-order valence-electron chi connectivity index (χ0n) is 13.7. The van der Waals surface area contributed by atoms with Crippen LogP contribution in [0.2, 0.25) is 0 Å². The third-order valence-corrected chi connectivity index (χ3v) is 3.49. The van der Waals surface area contributed by atoms with E-state index in [2.05, 4.69) is 5.32 Å². The Hall–Kier alpha value is -3.15. The van der Waals surface area contributed by atoms with E-state index in [-0.39, 0.29) is 11.4 Å². The highest BCUT2D eigenvalue weighted by molar-refractivity contribution is 6.03. The number of amides is 1. The number of non-ortho nitro benzene ring substituents is 1. The number of methoxy groups -OCH3 is 1. The van der Waals surface area contributed by atoms with Crippen molar-refractivity contribution in [3.05, 3.63) is 69.3 Å². The Morgan fingerprint density at radius 1 is 1.21 bits per heavy atom. The predicted octanol–water partition coefficient (Wildman–Crippen LogP) is 3.87. The molecule has 24 heavy (non-hydrogen) atoms. The molecular formula is C18H18N2O4. The number of carbonyl (C=O) groups is 1. The van der Waals surface area contributed by atoms with Crippen LogP contribution in [0.25, 0.3) is 6.08 Å². The van der Waals surface area contributed by atoms with E-state index < -0.39 is 10.8 Å². The van der Waals surface area contributed by atoms with E-state index in [1.54, 1.807) is 6.08 Å². The van der Waals surface area contributed by atoms with Gasteiger partial charge in [-0.05, 0) is 37.1 Å². The predicted molar refractivity (Wildman–Crippen MR) is 93.2 cm³/mol. The van der Waals surface area contributed by atoms with Crippen LogP contribution in [-0.4, -0.2) is 17.9 Å². The number of anilines is 1. The lowest BCUT2D eigenvalue weighted by molar-refractivity contribution is -0.384. The van der Waals surface area contributed by atoms with Gasteiger partial charge in [-0.15, -0.1) is 0 Å². The largest absolute Gasteiger partial charge is 0.495 e. The first-order valence-corrected chi connectivity index (χ1v) is 7.29. The second-order valence-corrected chi connectivity index (χ2v) is 5.32. The summed E-state index contributed by atoms with van der Waals surface area (Å²) in [6, 6.07) is 9.96. The van der Waals surface area contributed by atoms with E-state index in [0.29, 0.717) is 5.75 Å². The van der Waals surface area contributed by atoms with Crippen LogP contribution in [0.3, 0.4) is 0 Å². The van der Waals surface area contributed by atoms with E-state index in [1.165, 1.54) is 31.4 Å². The van der Waals surface area contributed by atoms with Crippen molar-refractivity contribution in [3.63, 3.8) is 0 Å². The Morgan fingerprint density at radius 2 is 1.96 bits per heavy atom. The Bertz CT molecular complexity index is 813. The Labute approximate surface area is 139 Å². The minimum Gasteiger partial charge on any atom is -0.495 e. The number of rotatable bonds is 5. The molecule has 124 valence electrons. The number of carbonyl (C=O) groups excluding carboxylic acids is 1. The summed E-state index contributed by atoms with van der Waals surface area (Å²) in [5, 5.41) is 13.5. The number of hydrogen-bond acceptors (Lipinski definition) is 4. The monoisotopic (exact) mass is 326 g/mol. The molecule has 0 heterocycles. The number of nitrogens with zero attached hydrogens (tertiary/aromatic N) is 1. The maximum Gasteiger partial charge on any atom is 0.271 e. The Balaban J connectivity index is 2.18. The van der Waals surface area contributed by atoms with E-state index in [0.717, 1.165) is 16.7 Å². The molecule has 0 aliphatic rings. The van der Waals surface area contributed by atoms with E-state index in [4.69, 9.17) is 4.74 Å². The highest BCUT2D eigenvalue weighted by Crippen LogP contribution is 2.28.